The molecule has 102 valence electrons. The smallest absolute Gasteiger partial charge is 0.120 e. The van der Waals surface area contributed by atoms with E-state index in [2.05, 4.69) is 12.2 Å². The summed E-state index contributed by atoms with van der Waals surface area (Å²) >= 11 is 0. The Morgan fingerprint density at radius 3 is 3.17 bits per heavy atom. The molecular formula is C14H23NO3. The zero-order valence-corrected chi connectivity index (χ0v) is 11.1. The van der Waals surface area contributed by atoms with Crippen molar-refractivity contribution in [2.24, 2.45) is 0 Å². The van der Waals surface area contributed by atoms with Crippen molar-refractivity contribution in [2.45, 2.75) is 38.3 Å². The summed E-state index contributed by atoms with van der Waals surface area (Å²) < 4.78 is 16.6. The first-order valence-electron chi connectivity index (χ1n) is 6.82. The molecule has 18 heavy (non-hydrogen) atoms. The van der Waals surface area contributed by atoms with Gasteiger partial charge in [0, 0.05) is 13.2 Å². The highest BCUT2D eigenvalue weighted by molar-refractivity contribution is 5.02. The second-order valence-corrected chi connectivity index (χ2v) is 4.75. The summed E-state index contributed by atoms with van der Waals surface area (Å²) in [4.78, 5) is 0. The third-order valence-electron chi connectivity index (χ3n) is 3.24. The number of ether oxygens (including phenoxy) is 2. The topological polar surface area (TPSA) is 43.6 Å². The zero-order chi connectivity index (χ0) is 12.6. The quantitative estimate of drug-likeness (QED) is 0.758. The maximum atomic E-state index is 5.62. The van der Waals surface area contributed by atoms with Crippen molar-refractivity contribution in [3.8, 4) is 0 Å². The lowest BCUT2D eigenvalue weighted by atomic mass is 10.1. The minimum absolute atomic E-state index is 0.231. The summed E-state index contributed by atoms with van der Waals surface area (Å²) in [5.41, 5.74) is 0. The molecule has 0 amide bonds. The molecule has 1 fully saturated rings. The minimum atomic E-state index is 0.231. The molecule has 2 atom stereocenters. The van der Waals surface area contributed by atoms with Crippen LogP contribution in [0.2, 0.25) is 0 Å². The van der Waals surface area contributed by atoms with E-state index in [4.69, 9.17) is 13.9 Å². The molecule has 1 N–H and O–H groups in total. The molecule has 2 rings (SSSR count). The molecule has 0 bridgehead atoms. The van der Waals surface area contributed by atoms with Crippen molar-refractivity contribution in [1.29, 1.82) is 0 Å². The molecule has 0 aromatic carbocycles. The number of furan rings is 1. The van der Waals surface area contributed by atoms with E-state index in [1.54, 1.807) is 6.26 Å². The summed E-state index contributed by atoms with van der Waals surface area (Å²) in [6.07, 6.45) is 5.60. The Hall–Kier alpha value is -0.840. The fraction of sp³-hybridized carbons (Fsp3) is 0.714. The van der Waals surface area contributed by atoms with Crippen molar-refractivity contribution in [3.63, 3.8) is 0 Å². The monoisotopic (exact) mass is 253 g/mol. The fourth-order valence-corrected chi connectivity index (χ4v) is 2.14. The maximum Gasteiger partial charge on any atom is 0.120 e. The Morgan fingerprint density at radius 2 is 2.44 bits per heavy atom. The Balaban J connectivity index is 1.50. The fourth-order valence-electron chi connectivity index (χ4n) is 2.14. The van der Waals surface area contributed by atoms with Crippen LogP contribution < -0.4 is 5.32 Å². The van der Waals surface area contributed by atoms with E-state index in [0.29, 0.717) is 12.7 Å². The Labute approximate surface area is 109 Å². The first kappa shape index (κ1) is 13.6. The van der Waals surface area contributed by atoms with Gasteiger partial charge in [-0.1, -0.05) is 0 Å². The van der Waals surface area contributed by atoms with Crippen LogP contribution in [0.25, 0.3) is 0 Å². The third kappa shape index (κ3) is 4.44. The zero-order valence-electron chi connectivity index (χ0n) is 11.1. The van der Waals surface area contributed by atoms with E-state index in [-0.39, 0.29) is 6.04 Å². The van der Waals surface area contributed by atoms with Crippen LogP contribution in [0.4, 0.5) is 0 Å². The highest BCUT2D eigenvalue weighted by atomic mass is 16.5. The van der Waals surface area contributed by atoms with Gasteiger partial charge in [-0.05, 0) is 38.3 Å². The molecule has 1 aromatic rings. The number of nitrogens with one attached hydrogen (secondary N) is 1. The van der Waals surface area contributed by atoms with Crippen molar-refractivity contribution in [3.05, 3.63) is 24.2 Å². The molecule has 0 aliphatic carbocycles. The van der Waals surface area contributed by atoms with Crippen LogP contribution in [-0.2, 0) is 9.47 Å². The largest absolute Gasteiger partial charge is 0.468 e. The van der Waals surface area contributed by atoms with Gasteiger partial charge in [0.2, 0.25) is 0 Å². The summed E-state index contributed by atoms with van der Waals surface area (Å²) in [6.45, 7) is 5.24. The first-order valence-corrected chi connectivity index (χ1v) is 6.82. The third-order valence-corrected chi connectivity index (χ3v) is 3.24. The predicted octanol–water partition coefficient (Wildman–Crippen LogP) is 2.52. The molecule has 1 aromatic heterocycles. The number of hydrogen-bond acceptors (Lipinski definition) is 4. The van der Waals surface area contributed by atoms with Gasteiger partial charge < -0.3 is 19.2 Å². The Kier molecular flexibility index (Phi) is 5.71. The van der Waals surface area contributed by atoms with Crippen LogP contribution in [0.1, 0.15) is 38.0 Å². The molecule has 0 spiro atoms. The Morgan fingerprint density at radius 1 is 1.50 bits per heavy atom. The average molecular weight is 253 g/mol. The van der Waals surface area contributed by atoms with Gasteiger partial charge in [-0.25, -0.2) is 0 Å². The lowest BCUT2D eigenvalue weighted by Crippen LogP contribution is -2.27. The van der Waals surface area contributed by atoms with Crippen molar-refractivity contribution in [2.75, 3.05) is 26.4 Å². The van der Waals surface area contributed by atoms with Gasteiger partial charge in [0.05, 0.1) is 31.6 Å². The molecule has 1 aliphatic rings. The van der Waals surface area contributed by atoms with Gasteiger partial charge in [-0.2, -0.15) is 0 Å². The molecule has 2 heterocycles. The van der Waals surface area contributed by atoms with E-state index in [1.807, 2.05) is 12.1 Å². The highest BCUT2D eigenvalue weighted by Crippen LogP contribution is 2.13. The second-order valence-electron chi connectivity index (χ2n) is 4.75. The second kappa shape index (κ2) is 7.56. The van der Waals surface area contributed by atoms with E-state index < -0.39 is 0 Å². The maximum absolute atomic E-state index is 5.62. The summed E-state index contributed by atoms with van der Waals surface area (Å²) in [6, 6.07) is 4.12. The van der Waals surface area contributed by atoms with Crippen LogP contribution in [0, 0.1) is 0 Å². The summed E-state index contributed by atoms with van der Waals surface area (Å²) in [5, 5.41) is 3.36. The number of hydrogen-bond donors (Lipinski definition) is 1. The number of rotatable bonds is 7. The van der Waals surface area contributed by atoms with Gasteiger partial charge in [-0.3, -0.25) is 0 Å². The summed E-state index contributed by atoms with van der Waals surface area (Å²) in [7, 11) is 0. The minimum Gasteiger partial charge on any atom is -0.468 e. The molecule has 2 unspecified atom stereocenters. The van der Waals surface area contributed by atoms with E-state index in [9.17, 15) is 0 Å². The standard InChI is InChI=1S/C14H23NO3/c1-12(14-6-4-9-18-14)15-7-10-16-11-13-5-2-3-8-17-13/h4,6,9,12-13,15H,2-3,5,7-8,10-11H2,1H3. The molecule has 4 heteroatoms. The van der Waals surface area contributed by atoms with Crippen LogP contribution in [-0.4, -0.2) is 32.5 Å². The summed E-state index contributed by atoms with van der Waals surface area (Å²) in [5.74, 6) is 0.964. The van der Waals surface area contributed by atoms with Crippen molar-refractivity contribution in [1.82, 2.24) is 5.32 Å². The average Bonchev–Trinajstić information content (AvgIpc) is 2.93. The molecule has 1 saturated heterocycles. The molecule has 0 saturated carbocycles. The van der Waals surface area contributed by atoms with Gasteiger partial charge in [0.25, 0.3) is 0 Å². The van der Waals surface area contributed by atoms with Gasteiger partial charge in [-0.15, -0.1) is 0 Å². The SMILES string of the molecule is CC(NCCOCC1CCCCO1)c1ccco1. The lowest BCUT2D eigenvalue weighted by Gasteiger charge is -2.22. The van der Waals surface area contributed by atoms with Gasteiger partial charge >= 0.3 is 0 Å². The molecule has 1 aliphatic heterocycles. The molecule has 0 radical (unpaired) electrons. The van der Waals surface area contributed by atoms with Crippen LogP contribution in [0.3, 0.4) is 0 Å². The van der Waals surface area contributed by atoms with Crippen LogP contribution >= 0.6 is 0 Å². The lowest BCUT2D eigenvalue weighted by molar-refractivity contribution is -0.0401. The van der Waals surface area contributed by atoms with Gasteiger partial charge in [0.15, 0.2) is 0 Å². The van der Waals surface area contributed by atoms with E-state index in [0.717, 1.165) is 31.9 Å². The van der Waals surface area contributed by atoms with E-state index in [1.165, 1.54) is 12.8 Å². The van der Waals surface area contributed by atoms with Crippen LogP contribution in [0.5, 0.6) is 0 Å². The van der Waals surface area contributed by atoms with Crippen molar-refractivity contribution < 1.29 is 13.9 Å². The van der Waals surface area contributed by atoms with Crippen LogP contribution in [0.15, 0.2) is 22.8 Å². The first-order chi connectivity index (χ1) is 8.86. The molecular weight excluding hydrogens is 230 g/mol. The Bertz CT molecular complexity index is 307. The molecule has 4 nitrogen and oxygen atoms in total. The normalized spacial score (nSPS) is 21.9. The van der Waals surface area contributed by atoms with E-state index >= 15 is 0 Å². The van der Waals surface area contributed by atoms with Crippen molar-refractivity contribution >= 4 is 0 Å². The highest BCUT2D eigenvalue weighted by Gasteiger charge is 2.13. The predicted molar refractivity (Wildman–Crippen MR) is 69.5 cm³/mol. The van der Waals surface area contributed by atoms with Gasteiger partial charge in [0.1, 0.15) is 5.76 Å².